The normalized spacial score (nSPS) is 15.6. The molecule has 2 N–H and O–H groups in total. The van der Waals surface area contributed by atoms with Crippen LogP contribution in [0.1, 0.15) is 25.7 Å². The molecule has 1 aromatic rings. The number of nitriles is 1. The predicted octanol–water partition coefficient (Wildman–Crippen LogP) is 2.84. The lowest BCUT2D eigenvalue weighted by atomic mass is 10.2. The highest BCUT2D eigenvalue weighted by Gasteiger charge is 2.17. The largest absolute Gasteiger partial charge is 0.497 e. The molecule has 2 rings (SSSR count). The number of hydrogen-bond donors (Lipinski definition) is 2. The number of ether oxygens (including phenoxy) is 1. The second-order valence-corrected chi connectivity index (χ2v) is 5.16. The monoisotopic (exact) mass is 299 g/mol. The zero-order valence-corrected chi connectivity index (χ0v) is 12.8. The first kappa shape index (κ1) is 15.8. The van der Waals surface area contributed by atoms with E-state index in [9.17, 15) is 5.26 Å². The minimum Gasteiger partial charge on any atom is -0.497 e. The maximum absolute atomic E-state index is 9.25. The summed E-state index contributed by atoms with van der Waals surface area (Å²) >= 11 is 0. The Bertz CT molecular complexity index is 565. The maximum Gasteiger partial charge on any atom is 0.202 e. The van der Waals surface area contributed by atoms with E-state index in [4.69, 9.17) is 10.1 Å². The van der Waals surface area contributed by atoms with Crippen molar-refractivity contribution in [3.05, 3.63) is 24.3 Å². The summed E-state index contributed by atoms with van der Waals surface area (Å²) in [5.74, 6) is 0.956. The van der Waals surface area contributed by atoms with E-state index in [1.165, 1.54) is 12.8 Å². The maximum atomic E-state index is 9.25. The molecule has 6 heteroatoms. The molecule has 116 valence electrons. The molecule has 1 heterocycles. The van der Waals surface area contributed by atoms with Gasteiger partial charge in [0.1, 0.15) is 11.8 Å². The summed E-state index contributed by atoms with van der Waals surface area (Å²) in [5, 5.41) is 21.5. The van der Waals surface area contributed by atoms with Crippen LogP contribution in [0.15, 0.2) is 29.4 Å². The Morgan fingerprint density at radius 1 is 1.23 bits per heavy atom. The summed E-state index contributed by atoms with van der Waals surface area (Å²) in [5.41, 5.74) is 3.68. The summed E-state index contributed by atoms with van der Waals surface area (Å²) in [6, 6.07) is 9.25. The van der Waals surface area contributed by atoms with Gasteiger partial charge in [0.05, 0.1) is 12.8 Å². The number of amidine groups is 1. The SMILES string of the molecule is COc1ccc(N/N=C(\C#N)C(=N)N2CCCCCC2)cc1. The third kappa shape index (κ3) is 4.22. The third-order valence-corrected chi connectivity index (χ3v) is 3.64. The lowest BCUT2D eigenvalue weighted by molar-refractivity contribution is 0.415. The third-order valence-electron chi connectivity index (χ3n) is 3.64. The summed E-state index contributed by atoms with van der Waals surface area (Å²) in [4.78, 5) is 1.94. The van der Waals surface area contributed by atoms with Crippen LogP contribution in [0.2, 0.25) is 0 Å². The second-order valence-electron chi connectivity index (χ2n) is 5.16. The highest BCUT2D eigenvalue weighted by atomic mass is 16.5. The molecule has 6 nitrogen and oxygen atoms in total. The van der Waals surface area contributed by atoms with Crippen molar-refractivity contribution < 1.29 is 4.74 Å². The summed E-state index contributed by atoms with van der Waals surface area (Å²) in [6.07, 6.45) is 4.50. The number of benzene rings is 1. The van der Waals surface area contributed by atoms with Crippen LogP contribution in [0.3, 0.4) is 0 Å². The lowest BCUT2D eigenvalue weighted by Gasteiger charge is -2.21. The highest BCUT2D eigenvalue weighted by Crippen LogP contribution is 2.15. The summed E-state index contributed by atoms with van der Waals surface area (Å²) < 4.78 is 5.09. The zero-order chi connectivity index (χ0) is 15.8. The van der Waals surface area contributed by atoms with Crippen LogP contribution in [0.4, 0.5) is 5.69 Å². The van der Waals surface area contributed by atoms with Crippen LogP contribution in [-0.4, -0.2) is 36.6 Å². The van der Waals surface area contributed by atoms with Crippen molar-refractivity contribution in [2.24, 2.45) is 5.10 Å². The van der Waals surface area contributed by atoms with Gasteiger partial charge < -0.3 is 9.64 Å². The van der Waals surface area contributed by atoms with Gasteiger partial charge in [0.2, 0.25) is 5.71 Å². The Labute approximate surface area is 130 Å². The number of likely N-dealkylation sites (tertiary alicyclic amines) is 1. The van der Waals surface area contributed by atoms with E-state index < -0.39 is 0 Å². The van der Waals surface area contributed by atoms with E-state index in [-0.39, 0.29) is 11.5 Å². The molecule has 1 aromatic carbocycles. The lowest BCUT2D eigenvalue weighted by Crippen LogP contribution is -2.36. The standard InChI is InChI=1S/C16H21N5O/c1-22-14-8-6-13(7-9-14)19-20-15(12-17)16(18)21-10-4-2-3-5-11-21/h6-9,18-19H,2-5,10-11H2,1H3/b18-16?,20-15+. The van der Waals surface area contributed by atoms with E-state index >= 15 is 0 Å². The van der Waals surface area contributed by atoms with Crippen LogP contribution >= 0.6 is 0 Å². The molecule has 0 unspecified atom stereocenters. The first-order chi connectivity index (χ1) is 10.7. The molecule has 1 saturated heterocycles. The molecule has 1 aliphatic heterocycles. The Kier molecular flexibility index (Phi) is 5.78. The van der Waals surface area contributed by atoms with Gasteiger partial charge in [0, 0.05) is 13.1 Å². The molecule has 0 amide bonds. The topological polar surface area (TPSA) is 84.5 Å². The number of methoxy groups -OCH3 is 1. The Balaban J connectivity index is 2.02. The van der Waals surface area contributed by atoms with Crippen molar-refractivity contribution in [3.63, 3.8) is 0 Å². The van der Waals surface area contributed by atoms with Gasteiger partial charge in [-0.3, -0.25) is 10.8 Å². The molecule has 1 fully saturated rings. The molecule has 22 heavy (non-hydrogen) atoms. The van der Waals surface area contributed by atoms with Crippen LogP contribution in [0, 0.1) is 16.7 Å². The van der Waals surface area contributed by atoms with Gasteiger partial charge >= 0.3 is 0 Å². The molecule has 1 aliphatic rings. The highest BCUT2D eigenvalue weighted by molar-refractivity contribution is 6.46. The number of nitrogens with one attached hydrogen (secondary N) is 2. The molecule has 0 aliphatic carbocycles. The van der Waals surface area contributed by atoms with Crippen LogP contribution < -0.4 is 10.2 Å². The van der Waals surface area contributed by atoms with Crippen molar-refractivity contribution in [2.45, 2.75) is 25.7 Å². The van der Waals surface area contributed by atoms with Crippen molar-refractivity contribution in [1.82, 2.24) is 4.90 Å². The molecule has 0 saturated carbocycles. The summed E-state index contributed by atoms with van der Waals surface area (Å²) in [6.45, 7) is 1.64. The minimum absolute atomic E-state index is 0.109. The predicted molar refractivity (Wildman–Crippen MR) is 87.4 cm³/mol. The van der Waals surface area contributed by atoms with Crippen LogP contribution in [0.5, 0.6) is 5.75 Å². The fourth-order valence-corrected chi connectivity index (χ4v) is 2.36. The van der Waals surface area contributed by atoms with Crippen LogP contribution in [0.25, 0.3) is 0 Å². The summed E-state index contributed by atoms with van der Waals surface area (Å²) in [7, 11) is 1.61. The average molecular weight is 299 g/mol. The minimum atomic E-state index is 0.109. The molecule has 0 spiro atoms. The van der Waals surface area contributed by atoms with Crippen molar-refractivity contribution >= 4 is 17.2 Å². The van der Waals surface area contributed by atoms with Gasteiger partial charge in [0.25, 0.3) is 0 Å². The Morgan fingerprint density at radius 3 is 2.41 bits per heavy atom. The first-order valence-electron chi connectivity index (χ1n) is 7.46. The molecular formula is C16H21N5O. The van der Waals surface area contributed by atoms with Crippen LogP contribution in [-0.2, 0) is 0 Å². The van der Waals surface area contributed by atoms with E-state index in [0.29, 0.717) is 0 Å². The van der Waals surface area contributed by atoms with Gasteiger partial charge in [-0.05, 0) is 37.1 Å². The number of rotatable bonds is 4. The van der Waals surface area contributed by atoms with Gasteiger partial charge in [-0.25, -0.2) is 0 Å². The van der Waals surface area contributed by atoms with E-state index in [1.807, 2.05) is 35.2 Å². The molecular weight excluding hydrogens is 278 g/mol. The van der Waals surface area contributed by atoms with Gasteiger partial charge in [-0.1, -0.05) is 12.8 Å². The number of hydrogen-bond acceptors (Lipinski definition) is 5. The van der Waals surface area contributed by atoms with Gasteiger partial charge in [-0.15, -0.1) is 0 Å². The van der Waals surface area contributed by atoms with Crippen molar-refractivity contribution in [2.75, 3.05) is 25.6 Å². The smallest absolute Gasteiger partial charge is 0.202 e. The quantitative estimate of drug-likeness (QED) is 0.508. The van der Waals surface area contributed by atoms with Crippen molar-refractivity contribution in [1.29, 1.82) is 10.7 Å². The number of nitrogens with zero attached hydrogens (tertiary/aromatic N) is 3. The Morgan fingerprint density at radius 2 is 1.86 bits per heavy atom. The molecule has 0 bridgehead atoms. The molecule has 0 aromatic heterocycles. The van der Waals surface area contributed by atoms with E-state index in [2.05, 4.69) is 10.5 Å². The zero-order valence-electron chi connectivity index (χ0n) is 12.8. The fraction of sp³-hybridized carbons (Fsp3) is 0.438. The molecule has 0 radical (unpaired) electrons. The van der Waals surface area contributed by atoms with Gasteiger partial charge in [0.15, 0.2) is 5.84 Å². The fourth-order valence-electron chi connectivity index (χ4n) is 2.36. The Hall–Kier alpha value is -2.55. The number of anilines is 1. The van der Waals surface area contributed by atoms with Crippen molar-refractivity contribution in [3.8, 4) is 11.8 Å². The average Bonchev–Trinajstić information content (AvgIpc) is 2.85. The first-order valence-corrected chi connectivity index (χ1v) is 7.46. The van der Waals surface area contributed by atoms with E-state index in [0.717, 1.165) is 37.4 Å². The second kappa shape index (κ2) is 8.03. The number of hydrazone groups is 1. The van der Waals surface area contributed by atoms with E-state index in [1.54, 1.807) is 7.11 Å². The van der Waals surface area contributed by atoms with Gasteiger partial charge in [-0.2, -0.15) is 10.4 Å². The molecule has 0 atom stereocenters.